The molecule has 2 heterocycles. The summed E-state index contributed by atoms with van der Waals surface area (Å²) in [5.41, 5.74) is 1.71. The van der Waals surface area contributed by atoms with Crippen molar-refractivity contribution in [2.75, 3.05) is 11.9 Å². The van der Waals surface area contributed by atoms with E-state index in [1.54, 1.807) is 48.5 Å². The lowest BCUT2D eigenvalue weighted by atomic mass is 10.0. The third-order valence-electron chi connectivity index (χ3n) is 5.67. The summed E-state index contributed by atoms with van der Waals surface area (Å²) in [6.45, 7) is 0.243. The Hall–Kier alpha value is -4.34. The first-order valence-electron chi connectivity index (χ1n) is 10.8. The molecule has 2 aliphatic heterocycles. The fourth-order valence-electron chi connectivity index (χ4n) is 3.96. The van der Waals surface area contributed by atoms with Gasteiger partial charge < -0.3 is 10.6 Å². The van der Waals surface area contributed by atoms with Crippen LogP contribution >= 0.6 is 0 Å². The number of nitrogens with one attached hydrogen (secondary N) is 3. The summed E-state index contributed by atoms with van der Waals surface area (Å²) in [6, 6.07) is 12.5. The van der Waals surface area contributed by atoms with Gasteiger partial charge in [0.2, 0.25) is 11.8 Å². The van der Waals surface area contributed by atoms with Crippen LogP contribution in [0.15, 0.2) is 48.5 Å². The number of aryl methyl sites for hydroxylation is 1. The predicted molar refractivity (Wildman–Crippen MR) is 120 cm³/mol. The summed E-state index contributed by atoms with van der Waals surface area (Å²) in [6.07, 6.45) is 1.15. The number of anilines is 1. The molecule has 1 saturated heterocycles. The maximum Gasteiger partial charge on any atom is 0.313 e. The Labute approximate surface area is 194 Å². The number of nitrogens with zero attached hydrogens (tertiary/aromatic N) is 1. The maximum atomic E-state index is 12.9. The lowest BCUT2D eigenvalue weighted by Crippen LogP contribution is -2.54. The van der Waals surface area contributed by atoms with E-state index in [0.29, 0.717) is 18.5 Å². The van der Waals surface area contributed by atoms with Gasteiger partial charge in [-0.2, -0.15) is 0 Å². The molecule has 1 unspecified atom stereocenters. The van der Waals surface area contributed by atoms with E-state index in [-0.39, 0.29) is 30.5 Å². The zero-order valence-electron chi connectivity index (χ0n) is 18.1. The summed E-state index contributed by atoms with van der Waals surface area (Å²) in [5, 5.41) is 7.21. The molecule has 0 aromatic heterocycles. The Morgan fingerprint density at radius 1 is 0.941 bits per heavy atom. The van der Waals surface area contributed by atoms with Crippen LogP contribution in [0.1, 0.15) is 45.5 Å². The number of piperidine rings is 1. The summed E-state index contributed by atoms with van der Waals surface area (Å²) >= 11 is 0. The minimum Gasteiger partial charge on any atom is -0.348 e. The van der Waals surface area contributed by atoms with Crippen LogP contribution in [0.2, 0.25) is 0 Å². The van der Waals surface area contributed by atoms with E-state index in [1.807, 2.05) is 0 Å². The number of carbonyl (C=O) groups excluding carboxylic acids is 6. The Kier molecular flexibility index (Phi) is 6.48. The SMILES string of the molecule is O=C1CCC(N2C(=O)c3ccc(CCCNC(=O)C(=O)Nc4ccccc4)cc3C2=O)C(=O)N1. The predicted octanol–water partition coefficient (Wildman–Crippen LogP) is 0.775. The highest BCUT2D eigenvalue weighted by molar-refractivity contribution is 6.39. The second kappa shape index (κ2) is 9.65. The molecular formula is C24H22N4O6. The number of benzene rings is 2. The Bertz CT molecular complexity index is 1190. The Balaban J connectivity index is 1.31. The number of para-hydroxylation sites is 1. The first kappa shape index (κ1) is 22.8. The molecule has 0 aliphatic carbocycles. The van der Waals surface area contributed by atoms with Gasteiger partial charge in [-0.3, -0.25) is 39.0 Å². The van der Waals surface area contributed by atoms with Crippen LogP contribution in [-0.2, 0) is 25.6 Å². The molecule has 4 rings (SSSR count). The molecule has 0 saturated carbocycles. The van der Waals surface area contributed by atoms with Crippen molar-refractivity contribution in [1.29, 1.82) is 0 Å². The molecule has 10 nitrogen and oxygen atoms in total. The number of hydrogen-bond acceptors (Lipinski definition) is 6. The second-order valence-electron chi connectivity index (χ2n) is 8.01. The Morgan fingerprint density at radius 2 is 1.68 bits per heavy atom. The van der Waals surface area contributed by atoms with Gasteiger partial charge in [0.1, 0.15) is 6.04 Å². The van der Waals surface area contributed by atoms with Crippen molar-refractivity contribution < 1.29 is 28.8 Å². The van der Waals surface area contributed by atoms with Gasteiger partial charge in [0.05, 0.1) is 11.1 Å². The van der Waals surface area contributed by atoms with Crippen LogP contribution in [0.3, 0.4) is 0 Å². The monoisotopic (exact) mass is 462 g/mol. The molecule has 1 atom stereocenters. The van der Waals surface area contributed by atoms with E-state index in [2.05, 4.69) is 16.0 Å². The van der Waals surface area contributed by atoms with Gasteiger partial charge in [-0.1, -0.05) is 24.3 Å². The molecule has 10 heteroatoms. The van der Waals surface area contributed by atoms with Gasteiger partial charge in [-0.05, 0) is 49.1 Å². The van der Waals surface area contributed by atoms with Crippen molar-refractivity contribution in [3.63, 3.8) is 0 Å². The molecule has 2 aliphatic rings. The number of hydrogen-bond donors (Lipinski definition) is 3. The average Bonchev–Trinajstić information content (AvgIpc) is 3.07. The first-order valence-corrected chi connectivity index (χ1v) is 10.8. The van der Waals surface area contributed by atoms with Crippen molar-refractivity contribution in [1.82, 2.24) is 15.5 Å². The summed E-state index contributed by atoms with van der Waals surface area (Å²) in [7, 11) is 0. The van der Waals surface area contributed by atoms with Gasteiger partial charge in [0, 0.05) is 18.7 Å². The minimum atomic E-state index is -1.01. The fraction of sp³-hybridized carbons (Fsp3) is 0.250. The molecule has 174 valence electrons. The van der Waals surface area contributed by atoms with Crippen LogP contribution in [0.4, 0.5) is 5.69 Å². The van der Waals surface area contributed by atoms with Crippen molar-refractivity contribution >= 4 is 41.1 Å². The van der Waals surface area contributed by atoms with E-state index >= 15 is 0 Å². The number of amides is 6. The van der Waals surface area contributed by atoms with E-state index in [9.17, 15) is 28.8 Å². The standard InChI is InChI=1S/C24H22N4O6/c29-19-11-10-18(20(30)27-19)28-23(33)16-9-8-14(13-17(16)24(28)34)5-4-12-25-21(31)22(32)26-15-6-2-1-3-7-15/h1-3,6-9,13,18H,4-5,10-12H2,(H,25,31)(H,26,32)(H,27,29,30). The van der Waals surface area contributed by atoms with Crippen molar-refractivity contribution in [2.45, 2.75) is 31.7 Å². The number of carbonyl (C=O) groups is 6. The highest BCUT2D eigenvalue weighted by Crippen LogP contribution is 2.28. The second-order valence-corrected chi connectivity index (χ2v) is 8.01. The third kappa shape index (κ3) is 4.70. The molecule has 2 aromatic carbocycles. The van der Waals surface area contributed by atoms with Crippen LogP contribution in [0, 0.1) is 0 Å². The van der Waals surface area contributed by atoms with Crippen LogP contribution in [0.5, 0.6) is 0 Å². The lowest BCUT2D eigenvalue weighted by molar-refractivity contribution is -0.136. The highest BCUT2D eigenvalue weighted by atomic mass is 16.2. The van der Waals surface area contributed by atoms with E-state index in [1.165, 1.54) is 0 Å². The summed E-state index contributed by atoms with van der Waals surface area (Å²) in [5.74, 6) is -3.72. The molecule has 34 heavy (non-hydrogen) atoms. The smallest absolute Gasteiger partial charge is 0.313 e. The molecule has 1 fully saturated rings. The number of imide groups is 2. The molecule has 0 spiro atoms. The van der Waals surface area contributed by atoms with Crippen molar-refractivity contribution in [2.24, 2.45) is 0 Å². The maximum absolute atomic E-state index is 12.9. The van der Waals surface area contributed by atoms with Gasteiger partial charge in [0.25, 0.3) is 11.8 Å². The average molecular weight is 462 g/mol. The fourth-order valence-corrected chi connectivity index (χ4v) is 3.96. The number of fused-ring (bicyclic) bond motifs is 1. The van der Waals surface area contributed by atoms with E-state index < -0.39 is 41.5 Å². The van der Waals surface area contributed by atoms with E-state index in [4.69, 9.17) is 0 Å². The van der Waals surface area contributed by atoms with Crippen LogP contribution < -0.4 is 16.0 Å². The molecule has 2 aromatic rings. The summed E-state index contributed by atoms with van der Waals surface area (Å²) < 4.78 is 0. The van der Waals surface area contributed by atoms with Crippen LogP contribution in [-0.4, -0.2) is 52.9 Å². The minimum absolute atomic E-state index is 0.0597. The molecule has 0 radical (unpaired) electrons. The highest BCUT2D eigenvalue weighted by Gasteiger charge is 2.44. The molecular weight excluding hydrogens is 440 g/mol. The topological polar surface area (TPSA) is 142 Å². The molecule has 3 N–H and O–H groups in total. The largest absolute Gasteiger partial charge is 0.348 e. The van der Waals surface area contributed by atoms with Gasteiger partial charge in [-0.25, -0.2) is 0 Å². The molecule has 6 amide bonds. The molecule has 0 bridgehead atoms. The van der Waals surface area contributed by atoms with Gasteiger partial charge in [-0.15, -0.1) is 0 Å². The Morgan fingerprint density at radius 3 is 2.41 bits per heavy atom. The summed E-state index contributed by atoms with van der Waals surface area (Å²) in [4.78, 5) is 73.9. The number of rotatable bonds is 6. The first-order chi connectivity index (χ1) is 16.3. The zero-order valence-corrected chi connectivity index (χ0v) is 18.1. The van der Waals surface area contributed by atoms with Gasteiger partial charge in [0.15, 0.2) is 0 Å². The van der Waals surface area contributed by atoms with Gasteiger partial charge >= 0.3 is 11.8 Å². The van der Waals surface area contributed by atoms with Crippen molar-refractivity contribution in [3.8, 4) is 0 Å². The van der Waals surface area contributed by atoms with Crippen molar-refractivity contribution in [3.05, 3.63) is 65.2 Å². The van der Waals surface area contributed by atoms with E-state index in [0.717, 1.165) is 10.5 Å². The zero-order chi connectivity index (χ0) is 24.2. The normalized spacial score (nSPS) is 17.3. The quantitative estimate of drug-likeness (QED) is 0.329. The lowest BCUT2D eigenvalue weighted by Gasteiger charge is -2.27. The van der Waals surface area contributed by atoms with Crippen LogP contribution in [0.25, 0.3) is 0 Å². The third-order valence-corrected chi connectivity index (χ3v) is 5.67.